The molecule has 0 amide bonds. The Labute approximate surface area is 125 Å². The molecule has 0 spiro atoms. The molecule has 1 rings (SSSR count). The highest BCUT2D eigenvalue weighted by Crippen LogP contribution is 2.16. The number of rotatable bonds is 5. The predicted molar refractivity (Wildman–Crippen MR) is 85.3 cm³/mol. The quantitative estimate of drug-likeness (QED) is 0.530. The Morgan fingerprint density at radius 3 is 2.80 bits per heavy atom. The number of aliphatic hydroxyl groups excluding tert-OH is 1. The van der Waals surface area contributed by atoms with E-state index in [9.17, 15) is 5.11 Å². The third kappa shape index (κ3) is 4.44. The summed E-state index contributed by atoms with van der Waals surface area (Å²) in [6, 6.07) is 0.0353. The molecule has 6 heteroatoms. The number of dihydropyridines is 1. The van der Waals surface area contributed by atoms with Crippen molar-refractivity contribution >= 4 is 23.0 Å². The summed E-state index contributed by atoms with van der Waals surface area (Å²) in [5, 5.41) is 13.6. The summed E-state index contributed by atoms with van der Waals surface area (Å²) >= 11 is 5.99. The van der Waals surface area contributed by atoms with Crippen molar-refractivity contribution in [2.75, 3.05) is 13.6 Å². The van der Waals surface area contributed by atoms with E-state index in [1.807, 2.05) is 20.1 Å². The average molecular weight is 299 g/mol. The van der Waals surface area contributed by atoms with Crippen molar-refractivity contribution in [1.82, 2.24) is 5.32 Å². The van der Waals surface area contributed by atoms with Crippen LogP contribution in [0.2, 0.25) is 0 Å². The number of allylic oxidation sites excluding steroid dienone is 2. The number of halogens is 1. The minimum Gasteiger partial charge on any atom is -0.402 e. The second kappa shape index (κ2) is 7.57. The van der Waals surface area contributed by atoms with E-state index < -0.39 is 6.23 Å². The van der Waals surface area contributed by atoms with Crippen LogP contribution in [-0.4, -0.2) is 42.4 Å². The lowest BCUT2D eigenvalue weighted by Crippen LogP contribution is -2.44. The van der Waals surface area contributed by atoms with Crippen molar-refractivity contribution in [3.63, 3.8) is 0 Å². The van der Waals surface area contributed by atoms with Crippen molar-refractivity contribution in [1.29, 1.82) is 0 Å². The Hall–Kier alpha value is -1.17. The fourth-order valence-electron chi connectivity index (χ4n) is 2.12. The van der Waals surface area contributed by atoms with E-state index in [-0.39, 0.29) is 17.1 Å². The largest absolute Gasteiger partial charge is 0.402 e. The van der Waals surface area contributed by atoms with Gasteiger partial charge in [0.25, 0.3) is 0 Å². The van der Waals surface area contributed by atoms with E-state index in [1.165, 1.54) is 0 Å². The van der Waals surface area contributed by atoms with Crippen LogP contribution >= 0.6 is 11.6 Å². The zero-order valence-electron chi connectivity index (χ0n) is 12.4. The van der Waals surface area contributed by atoms with Gasteiger partial charge in [-0.05, 0) is 26.3 Å². The first-order valence-corrected chi connectivity index (χ1v) is 6.95. The van der Waals surface area contributed by atoms with Gasteiger partial charge in [-0.15, -0.1) is 0 Å². The summed E-state index contributed by atoms with van der Waals surface area (Å²) in [5.41, 5.74) is 7.76. The van der Waals surface area contributed by atoms with E-state index >= 15 is 0 Å². The van der Waals surface area contributed by atoms with Gasteiger partial charge < -0.3 is 10.8 Å². The van der Waals surface area contributed by atoms with Crippen LogP contribution in [0.5, 0.6) is 0 Å². The molecule has 3 unspecified atom stereocenters. The van der Waals surface area contributed by atoms with Crippen molar-refractivity contribution < 1.29 is 5.11 Å². The van der Waals surface area contributed by atoms with Crippen LogP contribution in [0, 0.1) is 5.92 Å². The van der Waals surface area contributed by atoms with E-state index in [1.54, 1.807) is 14.0 Å². The summed E-state index contributed by atoms with van der Waals surface area (Å²) in [6.07, 6.45) is 3.05. The third-order valence-corrected chi connectivity index (χ3v) is 3.64. The molecule has 1 aliphatic heterocycles. The molecule has 4 N–H and O–H groups in total. The summed E-state index contributed by atoms with van der Waals surface area (Å²) in [6.45, 7) is 6.40. The maximum Gasteiger partial charge on any atom is 0.135 e. The van der Waals surface area contributed by atoms with Gasteiger partial charge in [0.2, 0.25) is 0 Å². The maximum absolute atomic E-state index is 10.3. The first-order valence-electron chi connectivity index (χ1n) is 6.58. The van der Waals surface area contributed by atoms with Crippen molar-refractivity contribution in [3.05, 3.63) is 22.9 Å². The van der Waals surface area contributed by atoms with Gasteiger partial charge in [0.05, 0.1) is 5.57 Å². The molecule has 0 radical (unpaired) electrons. The molecular formula is C14H23ClN4O. The molecule has 1 aliphatic rings. The number of aliphatic imine (C=N–C) groups is 2. The molecule has 0 aromatic carbocycles. The standard InChI is InChI=1S/C14H23ClN4O/c1-8-5-11(7-18-6-8)10(3)19-14(20)12(9(2)16)13(15)17-4/h5-6,10-11,14,19-20H,7,16H2,1-4H3/b12-9-,17-13+. The first-order chi connectivity index (χ1) is 9.36. The average Bonchev–Trinajstić information content (AvgIpc) is 2.38. The topological polar surface area (TPSA) is 83.0 Å². The van der Waals surface area contributed by atoms with E-state index in [4.69, 9.17) is 17.3 Å². The van der Waals surface area contributed by atoms with Gasteiger partial charge in [-0.3, -0.25) is 15.3 Å². The second-order valence-electron chi connectivity index (χ2n) is 5.04. The van der Waals surface area contributed by atoms with E-state index in [0.29, 0.717) is 17.8 Å². The van der Waals surface area contributed by atoms with Gasteiger partial charge in [-0.2, -0.15) is 0 Å². The Morgan fingerprint density at radius 2 is 2.30 bits per heavy atom. The zero-order chi connectivity index (χ0) is 15.3. The number of hydrogen-bond acceptors (Lipinski definition) is 5. The Bertz CT molecular complexity index is 464. The molecule has 0 saturated heterocycles. The highest BCUT2D eigenvalue weighted by Gasteiger charge is 2.23. The lowest BCUT2D eigenvalue weighted by molar-refractivity contribution is 0.155. The molecule has 0 saturated carbocycles. The van der Waals surface area contributed by atoms with Gasteiger partial charge in [0.1, 0.15) is 11.4 Å². The monoisotopic (exact) mass is 298 g/mol. The fourth-order valence-corrected chi connectivity index (χ4v) is 2.37. The van der Waals surface area contributed by atoms with E-state index in [2.05, 4.69) is 21.4 Å². The fraction of sp³-hybridized carbons (Fsp3) is 0.571. The molecule has 0 aromatic heterocycles. The van der Waals surface area contributed by atoms with Gasteiger partial charge in [-0.25, -0.2) is 0 Å². The number of nitrogens with two attached hydrogens (primary N) is 1. The summed E-state index contributed by atoms with van der Waals surface area (Å²) < 4.78 is 0. The summed E-state index contributed by atoms with van der Waals surface area (Å²) in [4.78, 5) is 8.17. The van der Waals surface area contributed by atoms with Gasteiger partial charge in [-0.1, -0.05) is 17.7 Å². The van der Waals surface area contributed by atoms with Gasteiger partial charge in [0.15, 0.2) is 0 Å². The van der Waals surface area contributed by atoms with Crippen molar-refractivity contribution in [2.45, 2.75) is 33.0 Å². The number of hydrogen-bond donors (Lipinski definition) is 3. The van der Waals surface area contributed by atoms with Gasteiger partial charge >= 0.3 is 0 Å². The second-order valence-corrected chi connectivity index (χ2v) is 5.40. The number of nitrogens with zero attached hydrogens (tertiary/aromatic N) is 2. The molecule has 112 valence electrons. The van der Waals surface area contributed by atoms with Crippen LogP contribution < -0.4 is 11.1 Å². The van der Waals surface area contributed by atoms with Crippen LogP contribution in [0.25, 0.3) is 0 Å². The summed E-state index contributed by atoms with van der Waals surface area (Å²) in [5.74, 6) is 0.228. The smallest absolute Gasteiger partial charge is 0.135 e. The third-order valence-electron chi connectivity index (χ3n) is 3.27. The Balaban J connectivity index is 2.77. The number of aliphatic hydroxyl groups is 1. The lowest BCUT2D eigenvalue weighted by atomic mass is 9.96. The molecule has 3 atom stereocenters. The van der Waals surface area contributed by atoms with Crippen molar-refractivity contribution in [2.24, 2.45) is 21.6 Å². The van der Waals surface area contributed by atoms with Crippen LogP contribution in [0.15, 0.2) is 32.9 Å². The van der Waals surface area contributed by atoms with Crippen LogP contribution in [-0.2, 0) is 0 Å². The molecule has 0 aliphatic carbocycles. The minimum absolute atomic E-state index is 0.0353. The highest BCUT2D eigenvalue weighted by molar-refractivity contribution is 6.69. The van der Waals surface area contributed by atoms with Gasteiger partial charge in [0, 0.05) is 37.5 Å². The van der Waals surface area contributed by atoms with Crippen molar-refractivity contribution in [3.8, 4) is 0 Å². The highest BCUT2D eigenvalue weighted by atomic mass is 35.5. The van der Waals surface area contributed by atoms with E-state index in [0.717, 1.165) is 5.57 Å². The summed E-state index contributed by atoms with van der Waals surface area (Å²) in [7, 11) is 1.56. The predicted octanol–water partition coefficient (Wildman–Crippen LogP) is 1.43. The normalized spacial score (nSPS) is 24.0. The Kier molecular flexibility index (Phi) is 6.39. The maximum atomic E-state index is 10.3. The molecule has 0 bridgehead atoms. The zero-order valence-corrected chi connectivity index (χ0v) is 13.1. The number of nitrogens with one attached hydrogen (secondary N) is 1. The molecule has 0 fully saturated rings. The lowest BCUT2D eigenvalue weighted by Gasteiger charge is -2.27. The molecule has 1 heterocycles. The molecule has 0 aromatic rings. The molecular weight excluding hydrogens is 276 g/mol. The molecule has 5 nitrogen and oxygen atoms in total. The molecule has 20 heavy (non-hydrogen) atoms. The van der Waals surface area contributed by atoms with Crippen LogP contribution in [0.1, 0.15) is 20.8 Å². The van der Waals surface area contributed by atoms with Crippen LogP contribution in [0.3, 0.4) is 0 Å². The Morgan fingerprint density at radius 1 is 1.65 bits per heavy atom. The minimum atomic E-state index is -0.953. The van der Waals surface area contributed by atoms with Crippen LogP contribution in [0.4, 0.5) is 0 Å². The first kappa shape index (κ1) is 16.9. The SMILES string of the molecule is C/N=C(Cl)\C(=C(/C)N)C(O)NC(C)C1C=C(C)C=NC1.